The molecule has 0 aliphatic carbocycles. The fourth-order valence-electron chi connectivity index (χ4n) is 3.80. The molecule has 5 rings (SSSR count). The smallest absolute Gasteiger partial charge is 0.337 e. The molecule has 0 spiro atoms. The lowest BCUT2D eigenvalue weighted by Gasteiger charge is -2.27. The van der Waals surface area contributed by atoms with Gasteiger partial charge in [0.2, 0.25) is 0 Å². The van der Waals surface area contributed by atoms with E-state index in [1.54, 1.807) is 36.5 Å². The van der Waals surface area contributed by atoms with Crippen molar-refractivity contribution < 1.29 is 13.9 Å². The maximum atomic E-state index is 15.1. The second kappa shape index (κ2) is 6.47. The van der Waals surface area contributed by atoms with Gasteiger partial charge in [-0.2, -0.15) is 10.4 Å². The standard InChI is InChI=1S/C21H12ClFN4O2/c22-12-3-1-10(2-4-12)20-14(7-24)18(19-17(26-20)9-29-21(19)28)13-5-11-8-25-27-16(11)6-15(13)23/h1-6,8,18,26H,9H2,(H,25,27). The molecule has 1 unspecified atom stereocenters. The molecule has 3 heterocycles. The number of nitriles is 1. The Labute approximate surface area is 169 Å². The number of hydrogen-bond acceptors (Lipinski definition) is 5. The van der Waals surface area contributed by atoms with Crippen molar-refractivity contribution in [2.75, 3.05) is 6.61 Å². The normalized spacial score (nSPS) is 18.5. The minimum atomic E-state index is -0.892. The van der Waals surface area contributed by atoms with Crippen LogP contribution in [0.2, 0.25) is 5.02 Å². The zero-order chi connectivity index (χ0) is 20.1. The van der Waals surface area contributed by atoms with Crippen molar-refractivity contribution in [2.24, 2.45) is 0 Å². The molecular formula is C21H12ClFN4O2. The molecule has 1 aromatic heterocycles. The third-order valence-electron chi connectivity index (χ3n) is 5.14. The monoisotopic (exact) mass is 406 g/mol. The number of benzene rings is 2. The molecule has 0 fully saturated rings. The van der Waals surface area contributed by atoms with E-state index in [1.807, 2.05) is 0 Å². The van der Waals surface area contributed by atoms with Gasteiger partial charge in [0.05, 0.1) is 46.2 Å². The first-order valence-corrected chi connectivity index (χ1v) is 9.14. The summed E-state index contributed by atoms with van der Waals surface area (Å²) in [5.41, 5.74) is 2.95. The first kappa shape index (κ1) is 17.5. The van der Waals surface area contributed by atoms with E-state index in [2.05, 4.69) is 21.6 Å². The molecule has 6 nitrogen and oxygen atoms in total. The Hall–Kier alpha value is -3.63. The summed E-state index contributed by atoms with van der Waals surface area (Å²) in [5, 5.41) is 21.0. The van der Waals surface area contributed by atoms with Crippen molar-refractivity contribution in [1.29, 1.82) is 5.26 Å². The summed E-state index contributed by atoms with van der Waals surface area (Å²) in [4.78, 5) is 12.5. The van der Waals surface area contributed by atoms with E-state index in [4.69, 9.17) is 16.3 Å². The van der Waals surface area contributed by atoms with Crippen LogP contribution in [0.3, 0.4) is 0 Å². The van der Waals surface area contributed by atoms with Crippen molar-refractivity contribution in [3.8, 4) is 6.07 Å². The van der Waals surface area contributed by atoms with E-state index >= 15 is 4.39 Å². The first-order chi connectivity index (χ1) is 14.1. The van der Waals surface area contributed by atoms with Crippen molar-refractivity contribution in [2.45, 2.75) is 5.92 Å². The third kappa shape index (κ3) is 2.69. The average Bonchev–Trinajstić information content (AvgIpc) is 3.32. The van der Waals surface area contributed by atoms with Crippen LogP contribution < -0.4 is 5.32 Å². The quantitative estimate of drug-likeness (QED) is 0.632. The molecule has 2 aromatic carbocycles. The molecule has 0 amide bonds. The summed E-state index contributed by atoms with van der Waals surface area (Å²) in [6, 6.07) is 12.0. The number of carbonyl (C=O) groups is 1. The highest BCUT2D eigenvalue weighted by atomic mass is 35.5. The highest BCUT2D eigenvalue weighted by molar-refractivity contribution is 6.30. The van der Waals surface area contributed by atoms with Gasteiger partial charge >= 0.3 is 5.97 Å². The van der Waals surface area contributed by atoms with Crippen LogP contribution in [0.4, 0.5) is 4.39 Å². The predicted molar refractivity (Wildman–Crippen MR) is 104 cm³/mol. The van der Waals surface area contributed by atoms with Crippen molar-refractivity contribution in [3.05, 3.63) is 81.4 Å². The number of carbonyl (C=O) groups excluding carboxylic acids is 1. The number of dihydropyridines is 1. The summed E-state index contributed by atoms with van der Waals surface area (Å²) in [6.45, 7) is 0.0377. The Bertz CT molecular complexity index is 1280. The molecular weight excluding hydrogens is 395 g/mol. The highest BCUT2D eigenvalue weighted by Gasteiger charge is 2.41. The molecule has 8 heteroatoms. The van der Waals surface area contributed by atoms with Gasteiger partial charge in [-0.05, 0) is 29.8 Å². The summed E-state index contributed by atoms with van der Waals surface area (Å²) in [7, 11) is 0. The molecule has 0 saturated heterocycles. The average molecular weight is 407 g/mol. The van der Waals surface area contributed by atoms with Crippen LogP contribution in [0.15, 0.2) is 59.4 Å². The van der Waals surface area contributed by atoms with Crippen LogP contribution in [0.5, 0.6) is 0 Å². The number of halogens is 2. The summed E-state index contributed by atoms with van der Waals surface area (Å²) < 4.78 is 20.3. The molecule has 2 aliphatic rings. The van der Waals surface area contributed by atoms with Gasteiger partial charge in [-0.15, -0.1) is 0 Å². The number of aromatic amines is 1. The molecule has 0 saturated carbocycles. The number of H-pyrrole nitrogens is 1. The molecule has 2 N–H and O–H groups in total. The molecule has 3 aromatic rings. The zero-order valence-corrected chi connectivity index (χ0v) is 15.5. The van der Waals surface area contributed by atoms with Crippen molar-refractivity contribution in [3.63, 3.8) is 0 Å². The van der Waals surface area contributed by atoms with Gasteiger partial charge in [0.15, 0.2) is 0 Å². The number of allylic oxidation sites excluding steroid dienone is 1. The lowest BCUT2D eigenvalue weighted by molar-refractivity contribution is -0.136. The fourth-order valence-corrected chi connectivity index (χ4v) is 3.92. The molecule has 0 radical (unpaired) electrons. The first-order valence-electron chi connectivity index (χ1n) is 8.76. The number of nitrogens with one attached hydrogen (secondary N) is 2. The van der Waals surface area contributed by atoms with Gasteiger partial charge < -0.3 is 10.1 Å². The molecule has 1 atom stereocenters. The van der Waals surface area contributed by atoms with Gasteiger partial charge in [0.25, 0.3) is 0 Å². The fraction of sp³-hybridized carbons (Fsp3) is 0.0952. The van der Waals surface area contributed by atoms with Gasteiger partial charge in [-0.1, -0.05) is 23.7 Å². The minimum absolute atomic E-state index is 0.0377. The Balaban J connectivity index is 1.77. The number of hydrogen-bond donors (Lipinski definition) is 2. The van der Waals surface area contributed by atoms with Crippen molar-refractivity contribution in [1.82, 2.24) is 15.5 Å². The van der Waals surface area contributed by atoms with Crippen LogP contribution >= 0.6 is 11.6 Å². The Morgan fingerprint density at radius 3 is 2.83 bits per heavy atom. The van der Waals surface area contributed by atoms with Gasteiger partial charge in [-0.3, -0.25) is 5.10 Å². The van der Waals surface area contributed by atoms with Crippen LogP contribution in [0.1, 0.15) is 17.0 Å². The minimum Gasteiger partial charge on any atom is -0.456 e. The van der Waals surface area contributed by atoms with Crippen LogP contribution in [-0.4, -0.2) is 22.8 Å². The Morgan fingerprint density at radius 2 is 2.07 bits per heavy atom. The summed E-state index contributed by atoms with van der Waals surface area (Å²) >= 11 is 5.99. The lowest BCUT2D eigenvalue weighted by atomic mass is 9.79. The van der Waals surface area contributed by atoms with Gasteiger partial charge in [0, 0.05) is 16.0 Å². The maximum absolute atomic E-state index is 15.1. The second-order valence-electron chi connectivity index (χ2n) is 6.76. The maximum Gasteiger partial charge on any atom is 0.337 e. The van der Waals surface area contributed by atoms with Crippen molar-refractivity contribution >= 4 is 34.2 Å². The predicted octanol–water partition coefficient (Wildman–Crippen LogP) is 3.79. The topological polar surface area (TPSA) is 90.8 Å². The van der Waals surface area contributed by atoms with Gasteiger partial charge in [-0.25, -0.2) is 9.18 Å². The van der Waals surface area contributed by atoms with E-state index in [0.717, 1.165) is 0 Å². The number of ether oxygens (including phenoxy) is 1. The number of fused-ring (bicyclic) bond motifs is 1. The summed E-state index contributed by atoms with van der Waals surface area (Å²) in [6.07, 6.45) is 1.57. The molecule has 0 bridgehead atoms. The number of nitrogens with zero attached hydrogens (tertiary/aromatic N) is 2. The van der Waals surface area contributed by atoms with E-state index < -0.39 is 17.7 Å². The van der Waals surface area contributed by atoms with E-state index in [-0.39, 0.29) is 23.3 Å². The number of esters is 1. The lowest BCUT2D eigenvalue weighted by Crippen LogP contribution is -2.26. The Kier molecular flexibility index (Phi) is 3.89. The van der Waals surface area contributed by atoms with E-state index in [9.17, 15) is 10.1 Å². The highest BCUT2D eigenvalue weighted by Crippen LogP contribution is 2.44. The Morgan fingerprint density at radius 1 is 1.28 bits per heavy atom. The third-order valence-corrected chi connectivity index (χ3v) is 5.39. The molecule has 29 heavy (non-hydrogen) atoms. The van der Waals surface area contributed by atoms with Crippen LogP contribution in [0.25, 0.3) is 16.6 Å². The van der Waals surface area contributed by atoms with E-state index in [0.29, 0.717) is 32.9 Å². The van der Waals surface area contributed by atoms with E-state index in [1.165, 1.54) is 6.07 Å². The van der Waals surface area contributed by atoms with Crippen LogP contribution in [-0.2, 0) is 9.53 Å². The molecule has 142 valence electrons. The number of aromatic nitrogens is 2. The number of rotatable bonds is 2. The zero-order valence-electron chi connectivity index (χ0n) is 14.8. The largest absolute Gasteiger partial charge is 0.456 e. The second-order valence-corrected chi connectivity index (χ2v) is 7.20. The molecule has 2 aliphatic heterocycles. The number of cyclic esters (lactones) is 1. The van der Waals surface area contributed by atoms with Crippen LogP contribution in [0, 0.1) is 17.1 Å². The SMILES string of the molecule is N#CC1=C(c2ccc(Cl)cc2)NC2=C(C(=O)OC2)C1c1cc2cn[nH]c2cc1F. The van der Waals surface area contributed by atoms with Gasteiger partial charge in [0.1, 0.15) is 12.4 Å². The summed E-state index contributed by atoms with van der Waals surface area (Å²) in [5.74, 6) is -1.99.